The SMILES string of the molecule is C[C@]1(c2ccc(Cl)cc2F)Oc2cccc(C3CCN(Cc4nc5cc(-c6n[nH]c(C(F)(F)F)n6)ccc5n4CC4(C#N)CCC4)CC3)c2O1. The van der Waals surface area contributed by atoms with Crippen LogP contribution < -0.4 is 9.47 Å². The highest BCUT2D eigenvalue weighted by atomic mass is 35.5. The van der Waals surface area contributed by atoms with E-state index < -0.39 is 29.0 Å². The third-order valence-corrected chi connectivity index (χ3v) is 10.5. The van der Waals surface area contributed by atoms with E-state index in [0.717, 1.165) is 62.1 Å². The van der Waals surface area contributed by atoms with Crippen LogP contribution in [0.4, 0.5) is 17.6 Å². The minimum atomic E-state index is -4.63. The molecule has 258 valence electrons. The summed E-state index contributed by atoms with van der Waals surface area (Å²) in [7, 11) is 0. The lowest BCUT2D eigenvalue weighted by atomic mass is 9.70. The Hall–Kier alpha value is -4.67. The summed E-state index contributed by atoms with van der Waals surface area (Å²) in [5.41, 5.74) is 2.64. The number of benzene rings is 3. The zero-order chi connectivity index (χ0) is 34.8. The monoisotopic (exact) mass is 705 g/mol. The van der Waals surface area contributed by atoms with Gasteiger partial charge < -0.3 is 14.0 Å². The first-order chi connectivity index (χ1) is 23.9. The van der Waals surface area contributed by atoms with E-state index >= 15 is 0 Å². The molecule has 2 aliphatic heterocycles. The molecule has 2 aromatic heterocycles. The second-order valence-electron chi connectivity index (χ2n) is 13.6. The van der Waals surface area contributed by atoms with E-state index in [1.807, 2.05) is 29.4 Å². The lowest BCUT2D eigenvalue weighted by molar-refractivity contribution is -0.144. The Bertz CT molecular complexity index is 2150. The van der Waals surface area contributed by atoms with Gasteiger partial charge in [0.15, 0.2) is 17.3 Å². The normalized spacial score (nSPS) is 20.6. The summed E-state index contributed by atoms with van der Waals surface area (Å²) < 4.78 is 69.0. The van der Waals surface area contributed by atoms with Crippen LogP contribution in [0.1, 0.15) is 67.7 Å². The minimum Gasteiger partial charge on any atom is -0.444 e. The summed E-state index contributed by atoms with van der Waals surface area (Å²) in [5.74, 6) is -0.895. The van der Waals surface area contributed by atoms with Crippen molar-refractivity contribution in [2.45, 2.75) is 70.0 Å². The Morgan fingerprint density at radius 2 is 1.86 bits per heavy atom. The van der Waals surface area contributed by atoms with Crippen molar-refractivity contribution in [2.24, 2.45) is 5.41 Å². The van der Waals surface area contributed by atoms with Gasteiger partial charge in [0.2, 0.25) is 5.82 Å². The number of imidazole rings is 1. The molecular weight excluding hydrogens is 674 g/mol. The number of hydrogen-bond donors (Lipinski definition) is 1. The van der Waals surface area contributed by atoms with Gasteiger partial charge in [-0.2, -0.15) is 23.5 Å². The van der Waals surface area contributed by atoms with Gasteiger partial charge in [-0.15, -0.1) is 0 Å². The third-order valence-electron chi connectivity index (χ3n) is 10.3. The fourth-order valence-electron chi connectivity index (χ4n) is 7.38. The number of piperidine rings is 1. The lowest BCUT2D eigenvalue weighted by Gasteiger charge is -2.36. The van der Waals surface area contributed by atoms with Gasteiger partial charge in [-0.1, -0.05) is 30.2 Å². The second kappa shape index (κ2) is 12.0. The van der Waals surface area contributed by atoms with Gasteiger partial charge in [-0.25, -0.2) is 14.4 Å². The fraction of sp³-hybridized carbons (Fsp3) is 0.389. The number of halogens is 5. The number of alkyl halides is 3. The second-order valence-corrected chi connectivity index (χ2v) is 14.0. The van der Waals surface area contributed by atoms with Gasteiger partial charge in [-0.05, 0) is 87.2 Å². The van der Waals surface area contributed by atoms with Gasteiger partial charge >= 0.3 is 6.18 Å². The molecule has 1 atom stereocenters. The van der Waals surface area contributed by atoms with E-state index in [9.17, 15) is 22.8 Å². The summed E-state index contributed by atoms with van der Waals surface area (Å²) in [5, 5.41) is 16.1. The Labute approximate surface area is 289 Å². The molecule has 1 N–H and O–H groups in total. The van der Waals surface area contributed by atoms with Crippen LogP contribution in [0.2, 0.25) is 5.02 Å². The third kappa shape index (κ3) is 5.74. The van der Waals surface area contributed by atoms with E-state index in [0.29, 0.717) is 40.7 Å². The van der Waals surface area contributed by atoms with E-state index in [-0.39, 0.29) is 17.3 Å². The Morgan fingerprint density at radius 3 is 2.54 bits per heavy atom. The molecule has 3 aromatic carbocycles. The number of hydrogen-bond acceptors (Lipinski definition) is 7. The van der Waals surface area contributed by atoms with Gasteiger partial charge in [-0.3, -0.25) is 10.00 Å². The number of ether oxygens (including phenoxy) is 2. The zero-order valence-electron chi connectivity index (χ0n) is 27.0. The van der Waals surface area contributed by atoms with E-state index in [1.165, 1.54) is 6.07 Å². The minimum absolute atomic E-state index is 0.0646. The standard InChI is InChI=1S/C36H32ClF4N7O2/c1-34(25-8-7-23(37)17-26(25)38)49-29-5-2-4-24(31(29)50-34)21-10-14-47(15-11-21)18-30-43-27-16-22(32-44-33(46-45-32)36(39,40)41)6-9-28(27)48(30)20-35(19-42)12-3-13-35/h2,4-9,16-17,21H,3,10-15,18,20H2,1H3,(H,44,45,46)/t34-/m0/s1. The highest BCUT2D eigenvalue weighted by molar-refractivity contribution is 6.30. The molecular formula is C36H32ClF4N7O2. The van der Waals surface area contributed by atoms with Crippen LogP contribution in [0.5, 0.6) is 11.5 Å². The van der Waals surface area contributed by atoms with Crippen LogP contribution in [-0.4, -0.2) is 42.7 Å². The van der Waals surface area contributed by atoms with Gasteiger partial charge in [0.05, 0.1) is 34.6 Å². The van der Waals surface area contributed by atoms with Crippen molar-refractivity contribution in [3.05, 3.63) is 88.2 Å². The molecule has 0 amide bonds. The molecule has 50 heavy (non-hydrogen) atoms. The summed E-state index contributed by atoms with van der Waals surface area (Å²) in [4.78, 5) is 10.9. The highest BCUT2D eigenvalue weighted by Gasteiger charge is 2.43. The molecule has 8 rings (SSSR count). The van der Waals surface area contributed by atoms with Crippen LogP contribution in [0.25, 0.3) is 22.4 Å². The first kappa shape index (κ1) is 32.5. The molecule has 2 fully saturated rings. The maximum Gasteiger partial charge on any atom is 0.451 e. The molecule has 3 aliphatic rings. The van der Waals surface area contributed by atoms with Crippen molar-refractivity contribution in [2.75, 3.05) is 13.1 Å². The molecule has 14 heteroatoms. The molecule has 1 saturated carbocycles. The number of nitriles is 1. The van der Waals surface area contributed by atoms with Crippen molar-refractivity contribution in [1.82, 2.24) is 29.6 Å². The number of likely N-dealkylation sites (tertiary alicyclic amines) is 1. The van der Waals surface area contributed by atoms with Crippen molar-refractivity contribution in [3.63, 3.8) is 0 Å². The smallest absolute Gasteiger partial charge is 0.444 e. The van der Waals surface area contributed by atoms with Crippen LogP contribution in [0, 0.1) is 22.6 Å². The molecule has 1 saturated heterocycles. The largest absolute Gasteiger partial charge is 0.451 e. The first-order valence-electron chi connectivity index (χ1n) is 16.5. The van der Waals surface area contributed by atoms with Crippen LogP contribution >= 0.6 is 11.6 Å². The predicted octanol–water partition coefficient (Wildman–Crippen LogP) is 8.35. The number of rotatable bonds is 7. The van der Waals surface area contributed by atoms with Crippen LogP contribution in [0.3, 0.4) is 0 Å². The van der Waals surface area contributed by atoms with Gasteiger partial charge in [0, 0.05) is 29.6 Å². The topological polar surface area (TPSA) is 105 Å². The van der Waals surface area contributed by atoms with Gasteiger partial charge in [0.1, 0.15) is 11.6 Å². The number of aromatic nitrogens is 5. The summed E-state index contributed by atoms with van der Waals surface area (Å²) >= 11 is 5.98. The van der Waals surface area contributed by atoms with Gasteiger partial charge in [0.25, 0.3) is 5.79 Å². The first-order valence-corrected chi connectivity index (χ1v) is 16.9. The Morgan fingerprint density at radius 1 is 1.06 bits per heavy atom. The van der Waals surface area contributed by atoms with E-state index in [2.05, 4.69) is 25.6 Å². The quantitative estimate of drug-likeness (QED) is 0.170. The zero-order valence-corrected chi connectivity index (χ0v) is 27.8. The van der Waals surface area contributed by atoms with Crippen molar-refractivity contribution < 1.29 is 27.0 Å². The average Bonchev–Trinajstić information content (AvgIpc) is 3.78. The molecule has 4 heterocycles. The number of fused-ring (bicyclic) bond motifs is 2. The fourth-order valence-corrected chi connectivity index (χ4v) is 7.54. The highest BCUT2D eigenvalue weighted by Crippen LogP contribution is 2.50. The maximum absolute atomic E-state index is 14.9. The number of nitrogens with one attached hydrogen (secondary N) is 1. The van der Waals surface area contributed by atoms with Crippen LogP contribution in [0.15, 0.2) is 54.6 Å². The number of H-pyrrole nitrogens is 1. The summed E-state index contributed by atoms with van der Waals surface area (Å²) in [6.07, 6.45) is -0.355. The lowest BCUT2D eigenvalue weighted by Crippen LogP contribution is -2.36. The molecule has 5 aromatic rings. The molecule has 0 radical (unpaired) electrons. The van der Waals surface area contributed by atoms with Crippen molar-refractivity contribution in [3.8, 4) is 29.0 Å². The maximum atomic E-state index is 14.9. The van der Waals surface area contributed by atoms with Crippen molar-refractivity contribution in [1.29, 1.82) is 5.26 Å². The molecule has 0 bridgehead atoms. The Balaban J connectivity index is 1.02. The predicted molar refractivity (Wildman–Crippen MR) is 176 cm³/mol. The molecule has 0 unspecified atom stereocenters. The van der Waals surface area contributed by atoms with Crippen molar-refractivity contribution >= 4 is 22.6 Å². The number of nitrogens with zero attached hydrogens (tertiary/aromatic N) is 6. The summed E-state index contributed by atoms with van der Waals surface area (Å²) in [6.45, 7) is 4.27. The number of aromatic amines is 1. The molecule has 1 aliphatic carbocycles. The molecule has 0 spiro atoms. The van der Waals surface area contributed by atoms with Crippen LogP contribution in [-0.2, 0) is 25.1 Å². The molecule has 9 nitrogen and oxygen atoms in total. The Kier molecular flexibility index (Phi) is 7.80. The van der Waals surface area contributed by atoms with E-state index in [4.69, 9.17) is 26.1 Å². The van der Waals surface area contributed by atoms with E-state index in [1.54, 1.807) is 31.2 Å². The average molecular weight is 706 g/mol. The number of para-hydroxylation sites is 1. The summed E-state index contributed by atoms with van der Waals surface area (Å²) in [6, 6.07) is 18.0.